The van der Waals surface area contributed by atoms with Gasteiger partial charge in [-0.3, -0.25) is 10.1 Å². The molecule has 62 heavy (non-hydrogen) atoms. The highest BCUT2D eigenvalue weighted by Crippen LogP contribution is 2.44. The standard InChI is InChI=1S/C52H47N7O3/c1-3-18-46(60)48(54-51(50(61)62-2)35-17-36-58(51)47-34-33-38-19-13-16-28-45(38)53-47)39-31-29-37(30-32-39)43-26-14-15-27-44(43)49-55-56-57-59(49)52(40-20-7-4-8-21-40,41-22-9-5-10-23-41)42-24-11-6-12-25-42/h4-16,19-34,48,54H,3,17-18,35-36H2,1-2H3/t48-,51-/m0/s1. The molecule has 0 saturated carbocycles. The van der Waals surface area contributed by atoms with Crippen LogP contribution in [-0.2, 0) is 19.9 Å². The number of ketones is 1. The zero-order valence-electron chi connectivity index (χ0n) is 34.8. The van der Waals surface area contributed by atoms with Crippen molar-refractivity contribution in [2.45, 2.75) is 49.9 Å². The fourth-order valence-electron chi connectivity index (χ4n) is 9.17. The van der Waals surface area contributed by atoms with E-state index in [1.807, 2.05) is 150 Å². The molecule has 1 aliphatic rings. The number of aromatic nitrogens is 5. The van der Waals surface area contributed by atoms with Gasteiger partial charge in [-0.25, -0.2) is 14.5 Å². The van der Waals surface area contributed by atoms with Crippen molar-refractivity contribution < 1.29 is 14.3 Å². The fraction of sp³-hybridized carbons (Fsp3) is 0.192. The molecule has 2 atom stereocenters. The first-order valence-electron chi connectivity index (χ1n) is 21.2. The molecule has 10 nitrogen and oxygen atoms in total. The molecular formula is C52H47N7O3. The fourth-order valence-corrected chi connectivity index (χ4v) is 9.17. The van der Waals surface area contributed by atoms with E-state index >= 15 is 0 Å². The summed E-state index contributed by atoms with van der Waals surface area (Å²) in [5.41, 5.74) is 5.00. The summed E-state index contributed by atoms with van der Waals surface area (Å²) in [6, 6.07) is 58.2. The molecule has 6 aromatic carbocycles. The molecule has 1 N–H and O–H groups in total. The van der Waals surface area contributed by atoms with Gasteiger partial charge in [0, 0.05) is 23.9 Å². The van der Waals surface area contributed by atoms with Gasteiger partial charge in [-0.15, -0.1) is 5.10 Å². The number of hydrogen-bond donors (Lipinski definition) is 1. The van der Waals surface area contributed by atoms with Gasteiger partial charge in [-0.1, -0.05) is 165 Å². The Kier molecular flexibility index (Phi) is 11.2. The Balaban J connectivity index is 1.12. The minimum absolute atomic E-state index is 0.0134. The van der Waals surface area contributed by atoms with E-state index in [2.05, 4.69) is 53.0 Å². The number of ether oxygens (including phenoxy) is 1. The van der Waals surface area contributed by atoms with Crippen LogP contribution in [0.2, 0.25) is 0 Å². The van der Waals surface area contributed by atoms with Gasteiger partial charge in [0.25, 0.3) is 0 Å². The SMILES string of the molecule is CCCC(=O)[C@@H](N[C@@]1(C(=O)OC)CCCN1c1ccc2ccccc2n1)c1ccc(-c2ccccc2-c2nnnn2C(c2ccccc2)(c2ccccc2)c2ccccc2)cc1. The number of rotatable bonds is 14. The molecule has 0 bridgehead atoms. The van der Waals surface area contributed by atoms with Gasteiger partial charge in [0.15, 0.2) is 17.3 Å². The summed E-state index contributed by atoms with van der Waals surface area (Å²) in [5, 5.41) is 18.4. The van der Waals surface area contributed by atoms with Crippen molar-refractivity contribution in [2.75, 3.05) is 18.6 Å². The van der Waals surface area contributed by atoms with Crippen molar-refractivity contribution in [3.8, 4) is 22.5 Å². The highest BCUT2D eigenvalue weighted by Gasteiger charge is 2.51. The second kappa shape index (κ2) is 17.4. The van der Waals surface area contributed by atoms with Crippen LogP contribution in [0.3, 0.4) is 0 Å². The van der Waals surface area contributed by atoms with Crippen molar-refractivity contribution in [1.82, 2.24) is 30.5 Å². The largest absolute Gasteiger partial charge is 0.466 e. The van der Waals surface area contributed by atoms with Crippen LogP contribution in [0.15, 0.2) is 176 Å². The molecule has 8 aromatic rings. The maximum absolute atomic E-state index is 14.2. The van der Waals surface area contributed by atoms with Gasteiger partial charge in [-0.05, 0) is 81.3 Å². The Morgan fingerprint density at radius 3 is 1.95 bits per heavy atom. The Bertz CT molecular complexity index is 2720. The molecule has 1 aliphatic heterocycles. The lowest BCUT2D eigenvalue weighted by atomic mass is 9.77. The summed E-state index contributed by atoms with van der Waals surface area (Å²) in [5.74, 6) is 0.758. The number of pyridine rings is 1. The number of nitrogens with zero attached hydrogens (tertiary/aromatic N) is 6. The van der Waals surface area contributed by atoms with E-state index in [1.54, 1.807) is 0 Å². The predicted octanol–water partition coefficient (Wildman–Crippen LogP) is 9.57. The lowest BCUT2D eigenvalue weighted by Gasteiger charge is -2.40. The molecular weight excluding hydrogens is 771 g/mol. The van der Waals surface area contributed by atoms with E-state index in [1.165, 1.54) is 7.11 Å². The van der Waals surface area contributed by atoms with Gasteiger partial charge < -0.3 is 9.64 Å². The zero-order valence-corrected chi connectivity index (χ0v) is 34.8. The molecule has 0 aliphatic carbocycles. The predicted molar refractivity (Wildman–Crippen MR) is 242 cm³/mol. The third kappa shape index (κ3) is 7.12. The van der Waals surface area contributed by atoms with E-state index in [0.717, 1.165) is 49.8 Å². The lowest BCUT2D eigenvalue weighted by molar-refractivity contribution is -0.149. The van der Waals surface area contributed by atoms with Crippen LogP contribution >= 0.6 is 0 Å². The van der Waals surface area contributed by atoms with E-state index in [4.69, 9.17) is 20.0 Å². The van der Waals surface area contributed by atoms with Crippen LogP contribution in [0, 0.1) is 0 Å². The highest BCUT2D eigenvalue weighted by molar-refractivity contribution is 5.90. The third-order valence-corrected chi connectivity index (χ3v) is 12.1. The number of hydrogen-bond acceptors (Lipinski definition) is 9. The lowest BCUT2D eigenvalue weighted by Crippen LogP contribution is -2.63. The summed E-state index contributed by atoms with van der Waals surface area (Å²) in [6.45, 7) is 2.55. The molecule has 9 rings (SSSR count). The summed E-state index contributed by atoms with van der Waals surface area (Å²) in [4.78, 5) is 35.1. The van der Waals surface area contributed by atoms with Gasteiger partial charge in [-0.2, -0.15) is 0 Å². The molecule has 0 spiro atoms. The van der Waals surface area contributed by atoms with E-state index in [9.17, 15) is 9.59 Å². The molecule has 0 radical (unpaired) electrons. The topological polar surface area (TPSA) is 115 Å². The molecule has 2 aromatic heterocycles. The van der Waals surface area contributed by atoms with Crippen LogP contribution in [0.1, 0.15) is 60.9 Å². The van der Waals surface area contributed by atoms with E-state index in [-0.39, 0.29) is 5.78 Å². The first-order valence-corrected chi connectivity index (χ1v) is 21.2. The molecule has 1 saturated heterocycles. The monoisotopic (exact) mass is 817 g/mol. The number of benzene rings is 6. The maximum Gasteiger partial charge on any atom is 0.347 e. The quantitative estimate of drug-likeness (QED) is 0.0847. The molecule has 0 unspecified atom stereocenters. The number of fused-ring (bicyclic) bond motifs is 1. The Hall–Kier alpha value is -7.30. The highest BCUT2D eigenvalue weighted by atomic mass is 16.5. The average Bonchev–Trinajstić information content (AvgIpc) is 4.01. The number of tetrazole rings is 1. The minimum Gasteiger partial charge on any atom is -0.466 e. The summed E-state index contributed by atoms with van der Waals surface area (Å²) >= 11 is 0. The third-order valence-electron chi connectivity index (χ3n) is 12.1. The molecule has 3 heterocycles. The van der Waals surface area contributed by atoms with Crippen LogP contribution in [-0.4, -0.2) is 56.3 Å². The number of anilines is 1. The van der Waals surface area contributed by atoms with Crippen molar-refractivity contribution in [3.63, 3.8) is 0 Å². The number of carbonyl (C=O) groups excluding carboxylic acids is 2. The van der Waals surface area contributed by atoms with E-state index < -0.39 is 23.2 Å². The van der Waals surface area contributed by atoms with Crippen LogP contribution in [0.4, 0.5) is 5.82 Å². The molecule has 10 heteroatoms. The average molecular weight is 818 g/mol. The second-order valence-electron chi connectivity index (χ2n) is 15.7. The van der Waals surface area contributed by atoms with Crippen molar-refractivity contribution in [2.24, 2.45) is 0 Å². The van der Waals surface area contributed by atoms with Gasteiger partial charge in [0.1, 0.15) is 11.4 Å². The zero-order chi connectivity index (χ0) is 42.5. The van der Waals surface area contributed by atoms with Gasteiger partial charge in [0.2, 0.25) is 0 Å². The summed E-state index contributed by atoms with van der Waals surface area (Å²) in [6.07, 6.45) is 2.15. The molecule has 1 fully saturated rings. The number of methoxy groups -OCH3 is 1. The van der Waals surface area contributed by atoms with Gasteiger partial charge >= 0.3 is 5.97 Å². The smallest absolute Gasteiger partial charge is 0.347 e. The first-order chi connectivity index (χ1) is 30.5. The van der Waals surface area contributed by atoms with Crippen LogP contribution in [0.5, 0.6) is 0 Å². The second-order valence-corrected chi connectivity index (χ2v) is 15.7. The van der Waals surface area contributed by atoms with E-state index in [0.29, 0.717) is 43.9 Å². The minimum atomic E-state index is -1.32. The number of carbonyl (C=O) groups is 2. The maximum atomic E-state index is 14.2. The number of Topliss-reactive ketones (excluding diaryl/α,β-unsaturated/α-hetero) is 1. The van der Waals surface area contributed by atoms with Crippen molar-refractivity contribution in [3.05, 3.63) is 198 Å². The normalized spacial score (nSPS) is 15.7. The van der Waals surface area contributed by atoms with Crippen molar-refractivity contribution in [1.29, 1.82) is 0 Å². The number of nitrogens with one attached hydrogen (secondary N) is 1. The summed E-state index contributed by atoms with van der Waals surface area (Å²) < 4.78 is 7.43. The molecule has 308 valence electrons. The van der Waals surface area contributed by atoms with Crippen molar-refractivity contribution >= 4 is 28.5 Å². The first kappa shape index (κ1) is 40.1. The Morgan fingerprint density at radius 1 is 0.726 bits per heavy atom. The Morgan fingerprint density at radius 2 is 1.32 bits per heavy atom. The number of para-hydroxylation sites is 1. The summed E-state index contributed by atoms with van der Waals surface area (Å²) in [7, 11) is 1.39. The Labute approximate surface area is 361 Å². The van der Waals surface area contributed by atoms with Crippen LogP contribution in [0.25, 0.3) is 33.4 Å². The molecule has 0 amide bonds. The van der Waals surface area contributed by atoms with Crippen LogP contribution < -0.4 is 10.2 Å². The van der Waals surface area contributed by atoms with Gasteiger partial charge in [0.05, 0.1) is 18.7 Å². The number of esters is 1.